The molecule has 0 radical (unpaired) electrons. The number of nitrogens with zero attached hydrogens (tertiary/aromatic N) is 1. The van der Waals surface area contributed by atoms with E-state index in [1.165, 1.54) is 0 Å². The lowest BCUT2D eigenvalue weighted by Gasteiger charge is -2.31. The molecule has 2 rings (SSSR count). The Morgan fingerprint density at radius 1 is 1.29 bits per heavy atom. The highest BCUT2D eigenvalue weighted by atomic mass is 16.3. The summed E-state index contributed by atoms with van der Waals surface area (Å²) < 4.78 is 0. The van der Waals surface area contributed by atoms with Crippen molar-refractivity contribution in [1.29, 1.82) is 0 Å². The van der Waals surface area contributed by atoms with Gasteiger partial charge < -0.3 is 15.3 Å². The van der Waals surface area contributed by atoms with Crippen LogP contribution in [-0.2, 0) is 22.7 Å². The molecular formula is C16H22N2O3. The molecule has 5 nitrogen and oxygen atoms in total. The van der Waals surface area contributed by atoms with E-state index < -0.39 is 0 Å². The van der Waals surface area contributed by atoms with Crippen molar-refractivity contribution in [3.63, 3.8) is 0 Å². The normalized spacial score (nSPS) is 18.4. The highest BCUT2D eigenvalue weighted by Crippen LogP contribution is 2.17. The first-order valence-electron chi connectivity index (χ1n) is 7.32. The van der Waals surface area contributed by atoms with Crippen molar-refractivity contribution in [3.05, 3.63) is 35.4 Å². The van der Waals surface area contributed by atoms with Crippen molar-refractivity contribution >= 4 is 11.8 Å². The molecule has 1 aliphatic rings. The highest BCUT2D eigenvalue weighted by molar-refractivity contribution is 5.80. The first kappa shape index (κ1) is 15.5. The van der Waals surface area contributed by atoms with Crippen LogP contribution < -0.4 is 5.32 Å². The average molecular weight is 290 g/mol. The van der Waals surface area contributed by atoms with Crippen LogP contribution in [0.15, 0.2) is 24.3 Å². The fourth-order valence-corrected chi connectivity index (χ4v) is 2.57. The second-order valence-electron chi connectivity index (χ2n) is 5.50. The number of carbonyl (C=O) groups is 2. The average Bonchev–Trinajstić information content (AvgIpc) is 2.53. The molecule has 0 spiro atoms. The van der Waals surface area contributed by atoms with Gasteiger partial charge in [-0.25, -0.2) is 0 Å². The smallest absolute Gasteiger partial charge is 0.225 e. The van der Waals surface area contributed by atoms with E-state index in [1.54, 1.807) is 11.8 Å². The number of likely N-dealkylation sites (tertiary alicyclic amines) is 1. The summed E-state index contributed by atoms with van der Waals surface area (Å²) in [4.78, 5) is 25.3. The van der Waals surface area contributed by atoms with E-state index in [9.17, 15) is 9.59 Å². The van der Waals surface area contributed by atoms with Gasteiger partial charge in [0.15, 0.2) is 0 Å². The topological polar surface area (TPSA) is 69.6 Å². The van der Waals surface area contributed by atoms with Gasteiger partial charge >= 0.3 is 0 Å². The van der Waals surface area contributed by atoms with Crippen LogP contribution in [0.4, 0.5) is 0 Å². The number of benzene rings is 1. The fourth-order valence-electron chi connectivity index (χ4n) is 2.57. The van der Waals surface area contributed by atoms with Crippen LogP contribution in [0.2, 0.25) is 0 Å². The lowest BCUT2D eigenvalue weighted by atomic mass is 9.97. The Kier molecular flexibility index (Phi) is 5.33. The second-order valence-corrected chi connectivity index (χ2v) is 5.50. The molecule has 5 heteroatoms. The first-order chi connectivity index (χ1) is 10.1. The van der Waals surface area contributed by atoms with Gasteiger partial charge in [0.1, 0.15) is 0 Å². The maximum Gasteiger partial charge on any atom is 0.225 e. The number of hydrogen-bond donors (Lipinski definition) is 2. The zero-order valence-corrected chi connectivity index (χ0v) is 12.3. The zero-order valence-electron chi connectivity index (χ0n) is 12.3. The third-order valence-electron chi connectivity index (χ3n) is 3.91. The Bertz CT molecular complexity index is 499. The largest absolute Gasteiger partial charge is 0.392 e. The number of hydrogen-bond acceptors (Lipinski definition) is 3. The predicted molar refractivity (Wildman–Crippen MR) is 79.2 cm³/mol. The van der Waals surface area contributed by atoms with Gasteiger partial charge in [-0.05, 0) is 24.0 Å². The molecule has 2 amide bonds. The zero-order chi connectivity index (χ0) is 15.2. The number of aliphatic hydroxyl groups is 1. The highest BCUT2D eigenvalue weighted by Gasteiger charge is 2.26. The summed E-state index contributed by atoms with van der Waals surface area (Å²) in [7, 11) is 0. The second kappa shape index (κ2) is 7.22. The molecule has 114 valence electrons. The molecule has 0 bridgehead atoms. The van der Waals surface area contributed by atoms with Gasteiger partial charge in [0.25, 0.3) is 0 Å². The van der Waals surface area contributed by atoms with Gasteiger partial charge in [-0.3, -0.25) is 9.59 Å². The van der Waals surface area contributed by atoms with Crippen LogP contribution in [-0.4, -0.2) is 34.9 Å². The molecule has 0 saturated carbocycles. The molecule has 1 atom stereocenters. The molecule has 1 saturated heterocycles. The fraction of sp³-hybridized carbons (Fsp3) is 0.500. The van der Waals surface area contributed by atoms with Gasteiger partial charge in [-0.1, -0.05) is 24.3 Å². The van der Waals surface area contributed by atoms with Crippen LogP contribution in [0, 0.1) is 5.92 Å². The molecule has 1 unspecified atom stereocenters. The van der Waals surface area contributed by atoms with Crippen molar-refractivity contribution in [3.8, 4) is 0 Å². The number of amides is 2. The van der Waals surface area contributed by atoms with E-state index in [2.05, 4.69) is 5.32 Å². The van der Waals surface area contributed by atoms with Gasteiger partial charge in [0.05, 0.1) is 12.5 Å². The molecule has 2 N–H and O–H groups in total. The van der Waals surface area contributed by atoms with Crippen molar-refractivity contribution < 1.29 is 14.7 Å². The third kappa shape index (κ3) is 4.29. The van der Waals surface area contributed by atoms with E-state index in [-0.39, 0.29) is 24.3 Å². The van der Waals surface area contributed by atoms with Gasteiger partial charge in [0, 0.05) is 26.6 Å². The van der Waals surface area contributed by atoms with E-state index in [0.29, 0.717) is 13.1 Å². The van der Waals surface area contributed by atoms with E-state index >= 15 is 0 Å². The van der Waals surface area contributed by atoms with Crippen molar-refractivity contribution in [2.24, 2.45) is 5.92 Å². The van der Waals surface area contributed by atoms with Crippen molar-refractivity contribution in [1.82, 2.24) is 10.2 Å². The Balaban J connectivity index is 1.84. The summed E-state index contributed by atoms with van der Waals surface area (Å²) in [6.07, 6.45) is 1.71. The molecule has 0 aromatic heterocycles. The van der Waals surface area contributed by atoms with Crippen LogP contribution in [0.5, 0.6) is 0 Å². The van der Waals surface area contributed by atoms with Crippen LogP contribution in [0.25, 0.3) is 0 Å². The summed E-state index contributed by atoms with van der Waals surface area (Å²) in [6, 6.07) is 7.49. The maximum atomic E-state index is 12.2. The van der Waals surface area contributed by atoms with Crippen molar-refractivity contribution in [2.75, 3.05) is 13.1 Å². The minimum Gasteiger partial charge on any atom is -0.392 e. The van der Waals surface area contributed by atoms with E-state index in [1.807, 2.05) is 24.3 Å². The third-order valence-corrected chi connectivity index (χ3v) is 3.91. The number of aliphatic hydroxyl groups excluding tert-OH is 1. The predicted octanol–water partition coefficient (Wildman–Crippen LogP) is 1.05. The van der Waals surface area contributed by atoms with E-state index in [0.717, 1.165) is 30.5 Å². The number of rotatable bonds is 4. The summed E-state index contributed by atoms with van der Waals surface area (Å²) >= 11 is 0. The molecule has 1 aliphatic heterocycles. The number of piperidine rings is 1. The lowest BCUT2D eigenvalue weighted by Crippen LogP contribution is -2.44. The standard InChI is InChI=1S/C16H22N2O3/c1-12(20)18-8-2-3-15(10-18)16(21)17-9-13-4-6-14(11-19)7-5-13/h4-7,15,19H,2-3,8-11H2,1H3,(H,17,21). The molecule has 1 aromatic rings. The number of carbonyl (C=O) groups excluding carboxylic acids is 2. The quantitative estimate of drug-likeness (QED) is 0.871. The molecule has 1 aromatic carbocycles. The SMILES string of the molecule is CC(=O)N1CCCC(C(=O)NCc2ccc(CO)cc2)C1. The van der Waals surface area contributed by atoms with Crippen LogP contribution >= 0.6 is 0 Å². The minimum absolute atomic E-state index is 0.00665. The van der Waals surface area contributed by atoms with Crippen molar-refractivity contribution in [2.45, 2.75) is 32.9 Å². The molecule has 21 heavy (non-hydrogen) atoms. The maximum absolute atomic E-state index is 12.2. The molecule has 0 aliphatic carbocycles. The molecule has 1 fully saturated rings. The summed E-state index contributed by atoms with van der Waals surface area (Å²) in [5.41, 5.74) is 1.86. The Hall–Kier alpha value is -1.88. The van der Waals surface area contributed by atoms with Crippen LogP contribution in [0.1, 0.15) is 30.9 Å². The van der Waals surface area contributed by atoms with Crippen LogP contribution in [0.3, 0.4) is 0 Å². The summed E-state index contributed by atoms with van der Waals surface area (Å²) in [5.74, 6) is -0.0707. The Morgan fingerprint density at radius 2 is 1.95 bits per heavy atom. The Labute approximate surface area is 125 Å². The number of nitrogens with one attached hydrogen (secondary N) is 1. The molecule has 1 heterocycles. The minimum atomic E-state index is -0.112. The Morgan fingerprint density at radius 3 is 2.57 bits per heavy atom. The van der Waals surface area contributed by atoms with Gasteiger partial charge in [-0.15, -0.1) is 0 Å². The first-order valence-corrected chi connectivity index (χ1v) is 7.32. The monoisotopic (exact) mass is 290 g/mol. The summed E-state index contributed by atoms with van der Waals surface area (Å²) in [6.45, 7) is 3.31. The molecular weight excluding hydrogens is 268 g/mol. The van der Waals surface area contributed by atoms with Gasteiger partial charge in [-0.2, -0.15) is 0 Å². The lowest BCUT2D eigenvalue weighted by molar-refractivity contribution is -0.134. The van der Waals surface area contributed by atoms with E-state index in [4.69, 9.17) is 5.11 Å². The summed E-state index contributed by atoms with van der Waals surface area (Å²) in [5, 5.41) is 11.9. The van der Waals surface area contributed by atoms with Gasteiger partial charge in [0.2, 0.25) is 11.8 Å².